The summed E-state index contributed by atoms with van der Waals surface area (Å²) < 4.78 is 28.0. The van der Waals surface area contributed by atoms with E-state index in [-0.39, 0.29) is 10.3 Å². The number of benzene rings is 1. The van der Waals surface area contributed by atoms with Crippen LogP contribution in [0.15, 0.2) is 21.5 Å². The zero-order valence-electron chi connectivity index (χ0n) is 11.2. The van der Waals surface area contributed by atoms with Crippen molar-refractivity contribution in [2.24, 2.45) is 11.1 Å². The van der Waals surface area contributed by atoms with Gasteiger partial charge < -0.3 is 5.73 Å². The normalized spacial score (nSPS) is 17.5. The number of nitrogens with two attached hydrogens (primary N) is 1. The first-order chi connectivity index (χ1) is 8.77. The lowest BCUT2D eigenvalue weighted by Gasteiger charge is -2.14. The summed E-state index contributed by atoms with van der Waals surface area (Å²) in [6.07, 6.45) is 2.16. The van der Waals surface area contributed by atoms with Crippen molar-refractivity contribution in [2.75, 3.05) is 6.54 Å². The molecule has 3 N–H and O–H groups in total. The van der Waals surface area contributed by atoms with Gasteiger partial charge in [-0.2, -0.15) is 0 Å². The van der Waals surface area contributed by atoms with Gasteiger partial charge in [-0.3, -0.25) is 0 Å². The number of sulfonamides is 1. The van der Waals surface area contributed by atoms with Gasteiger partial charge in [-0.25, -0.2) is 13.1 Å². The molecule has 1 aliphatic rings. The van der Waals surface area contributed by atoms with E-state index in [2.05, 4.69) is 27.6 Å². The molecule has 2 rings (SSSR count). The molecule has 1 fully saturated rings. The van der Waals surface area contributed by atoms with Crippen LogP contribution in [0.4, 0.5) is 0 Å². The number of aryl methyl sites for hydroxylation is 1. The number of rotatable bonds is 5. The fourth-order valence-electron chi connectivity index (χ4n) is 1.86. The Morgan fingerprint density at radius 2 is 2.05 bits per heavy atom. The molecule has 0 heterocycles. The summed E-state index contributed by atoms with van der Waals surface area (Å²) in [4.78, 5) is 0.275. The van der Waals surface area contributed by atoms with Gasteiger partial charge in [0.05, 0.1) is 4.90 Å². The molecule has 0 bridgehead atoms. The van der Waals surface area contributed by atoms with Crippen LogP contribution in [-0.4, -0.2) is 15.0 Å². The molecule has 0 radical (unpaired) electrons. The molecule has 0 aromatic heterocycles. The predicted octanol–water partition coefficient (Wildman–Crippen LogP) is 2.29. The van der Waals surface area contributed by atoms with Crippen molar-refractivity contribution < 1.29 is 8.42 Å². The fourth-order valence-corrected chi connectivity index (χ4v) is 4.13. The van der Waals surface area contributed by atoms with E-state index in [0.29, 0.717) is 17.6 Å². The molecule has 19 heavy (non-hydrogen) atoms. The predicted molar refractivity (Wildman–Crippen MR) is 79.3 cm³/mol. The molecule has 0 atom stereocenters. The van der Waals surface area contributed by atoms with Gasteiger partial charge in [-0.05, 0) is 58.3 Å². The van der Waals surface area contributed by atoms with Crippen LogP contribution in [0.25, 0.3) is 0 Å². The minimum absolute atomic E-state index is 0.139. The molecule has 0 amide bonds. The smallest absolute Gasteiger partial charge is 0.241 e. The van der Waals surface area contributed by atoms with Crippen LogP contribution in [0.2, 0.25) is 0 Å². The minimum Gasteiger partial charge on any atom is -0.326 e. The number of hydrogen-bond donors (Lipinski definition) is 2. The molecule has 4 nitrogen and oxygen atoms in total. The summed E-state index contributed by atoms with van der Waals surface area (Å²) in [5.74, 6) is 0. The lowest BCUT2D eigenvalue weighted by molar-refractivity contribution is 0.530. The largest absolute Gasteiger partial charge is 0.326 e. The number of nitrogens with one attached hydrogen (secondary N) is 1. The van der Waals surface area contributed by atoms with Crippen LogP contribution in [-0.2, 0) is 16.6 Å². The van der Waals surface area contributed by atoms with Gasteiger partial charge in [0.1, 0.15) is 0 Å². The first-order valence-electron chi connectivity index (χ1n) is 6.26. The molecular weight excluding hydrogens is 328 g/mol. The third-order valence-corrected chi connectivity index (χ3v) is 6.34. The second-order valence-electron chi connectivity index (χ2n) is 5.56. The summed E-state index contributed by atoms with van der Waals surface area (Å²) in [5.41, 5.74) is 7.44. The third kappa shape index (κ3) is 3.37. The summed E-state index contributed by atoms with van der Waals surface area (Å²) in [7, 11) is -3.49. The Balaban J connectivity index is 2.30. The number of hydrogen-bond acceptors (Lipinski definition) is 3. The second-order valence-corrected chi connectivity index (χ2v) is 8.09. The Kier molecular flexibility index (Phi) is 4.07. The van der Waals surface area contributed by atoms with E-state index in [1.54, 1.807) is 6.07 Å². The zero-order valence-corrected chi connectivity index (χ0v) is 13.6. The molecule has 0 unspecified atom stereocenters. The van der Waals surface area contributed by atoms with Crippen molar-refractivity contribution >= 4 is 26.0 Å². The summed E-state index contributed by atoms with van der Waals surface area (Å²) in [6, 6.07) is 3.53. The Morgan fingerprint density at radius 1 is 1.42 bits per heavy atom. The first kappa shape index (κ1) is 15.0. The van der Waals surface area contributed by atoms with Crippen molar-refractivity contribution in [3.63, 3.8) is 0 Å². The van der Waals surface area contributed by atoms with Crippen molar-refractivity contribution in [3.8, 4) is 0 Å². The van der Waals surface area contributed by atoms with Crippen LogP contribution in [0.3, 0.4) is 0 Å². The molecule has 106 valence electrons. The minimum atomic E-state index is -3.49. The van der Waals surface area contributed by atoms with E-state index in [9.17, 15) is 8.42 Å². The van der Waals surface area contributed by atoms with E-state index in [0.717, 1.165) is 24.0 Å². The molecule has 1 aliphatic carbocycles. The molecular formula is C13H19BrN2O2S. The van der Waals surface area contributed by atoms with Gasteiger partial charge in [0, 0.05) is 17.6 Å². The average molecular weight is 347 g/mol. The molecule has 0 saturated heterocycles. The second kappa shape index (κ2) is 5.16. The summed E-state index contributed by atoms with van der Waals surface area (Å²) in [6.45, 7) is 4.78. The van der Waals surface area contributed by atoms with Crippen molar-refractivity contribution in [2.45, 2.75) is 38.1 Å². The summed E-state index contributed by atoms with van der Waals surface area (Å²) in [5, 5.41) is 0. The maximum atomic E-state index is 12.4. The van der Waals surface area contributed by atoms with Gasteiger partial charge in [0.15, 0.2) is 0 Å². The van der Waals surface area contributed by atoms with Gasteiger partial charge >= 0.3 is 0 Å². The van der Waals surface area contributed by atoms with Crippen LogP contribution < -0.4 is 10.5 Å². The Hall–Kier alpha value is -0.430. The third-order valence-electron chi connectivity index (χ3n) is 3.60. The highest BCUT2D eigenvalue weighted by atomic mass is 79.9. The average Bonchev–Trinajstić information content (AvgIpc) is 3.09. The highest BCUT2D eigenvalue weighted by molar-refractivity contribution is 9.10. The maximum absolute atomic E-state index is 12.4. The van der Waals surface area contributed by atoms with E-state index in [4.69, 9.17) is 5.73 Å². The van der Waals surface area contributed by atoms with Crippen LogP contribution in [0.5, 0.6) is 0 Å². The standard InChI is InChI=1S/C13H19BrN2O2S/c1-9-5-10(7-15)6-11(12(9)14)19(17,18)16-8-13(2)3-4-13/h5-6,16H,3-4,7-8,15H2,1-2H3. The van der Waals surface area contributed by atoms with Crippen LogP contribution >= 0.6 is 15.9 Å². The van der Waals surface area contributed by atoms with Crippen LogP contribution in [0.1, 0.15) is 30.9 Å². The SMILES string of the molecule is Cc1cc(CN)cc(S(=O)(=O)NCC2(C)CC2)c1Br. The number of halogens is 1. The molecule has 1 aromatic carbocycles. The summed E-state index contributed by atoms with van der Waals surface area (Å²) >= 11 is 3.36. The maximum Gasteiger partial charge on any atom is 0.241 e. The van der Waals surface area contributed by atoms with Gasteiger partial charge in [-0.15, -0.1) is 0 Å². The molecule has 1 aromatic rings. The van der Waals surface area contributed by atoms with E-state index >= 15 is 0 Å². The first-order valence-corrected chi connectivity index (χ1v) is 8.54. The van der Waals surface area contributed by atoms with Gasteiger partial charge in [-0.1, -0.05) is 13.0 Å². The van der Waals surface area contributed by atoms with Crippen molar-refractivity contribution in [1.29, 1.82) is 0 Å². The van der Waals surface area contributed by atoms with Crippen molar-refractivity contribution in [3.05, 3.63) is 27.7 Å². The lowest BCUT2D eigenvalue weighted by atomic mass is 10.1. The zero-order chi connectivity index (χ0) is 14.3. The lowest BCUT2D eigenvalue weighted by Crippen LogP contribution is -2.29. The van der Waals surface area contributed by atoms with Gasteiger partial charge in [0.2, 0.25) is 10.0 Å². The molecule has 0 aliphatic heterocycles. The van der Waals surface area contributed by atoms with Gasteiger partial charge in [0.25, 0.3) is 0 Å². The van der Waals surface area contributed by atoms with E-state index in [1.165, 1.54) is 0 Å². The molecule has 6 heteroatoms. The Morgan fingerprint density at radius 3 is 2.58 bits per heavy atom. The van der Waals surface area contributed by atoms with E-state index < -0.39 is 10.0 Å². The fraction of sp³-hybridized carbons (Fsp3) is 0.538. The monoisotopic (exact) mass is 346 g/mol. The highest BCUT2D eigenvalue weighted by Crippen LogP contribution is 2.44. The Labute approximate surface area is 122 Å². The quantitative estimate of drug-likeness (QED) is 0.858. The van der Waals surface area contributed by atoms with E-state index in [1.807, 2.05) is 13.0 Å². The molecule has 0 spiro atoms. The Bertz CT molecular complexity index is 595. The van der Waals surface area contributed by atoms with Crippen molar-refractivity contribution in [1.82, 2.24) is 4.72 Å². The highest BCUT2D eigenvalue weighted by Gasteiger charge is 2.38. The topological polar surface area (TPSA) is 72.2 Å². The van der Waals surface area contributed by atoms with Crippen LogP contribution in [0, 0.1) is 12.3 Å². The molecule has 1 saturated carbocycles.